The van der Waals surface area contributed by atoms with Crippen LogP contribution in [-0.2, 0) is 11.3 Å². The van der Waals surface area contributed by atoms with E-state index in [0.717, 1.165) is 29.4 Å². The molecule has 2 fully saturated rings. The molecule has 4 atom stereocenters. The van der Waals surface area contributed by atoms with E-state index < -0.39 is 0 Å². The second-order valence-electron chi connectivity index (χ2n) is 8.09. The molecule has 144 valence electrons. The van der Waals surface area contributed by atoms with Crippen LogP contribution in [0.5, 0.6) is 0 Å². The van der Waals surface area contributed by atoms with Gasteiger partial charge in [0.2, 0.25) is 5.91 Å². The lowest BCUT2D eigenvalue weighted by molar-refractivity contribution is -0.119. The van der Waals surface area contributed by atoms with Gasteiger partial charge >= 0.3 is 0 Å². The van der Waals surface area contributed by atoms with Crippen LogP contribution in [0.2, 0.25) is 0 Å². The number of aryl methyl sites for hydroxylation is 1. The van der Waals surface area contributed by atoms with Crippen LogP contribution in [0.4, 0.5) is 0 Å². The summed E-state index contributed by atoms with van der Waals surface area (Å²) in [5, 5.41) is 12.5. The molecule has 4 rings (SSSR count). The van der Waals surface area contributed by atoms with Crippen LogP contribution in [0.3, 0.4) is 0 Å². The molecule has 2 aromatic rings. The van der Waals surface area contributed by atoms with Crippen LogP contribution in [0.1, 0.15) is 44.0 Å². The number of benzene rings is 1. The van der Waals surface area contributed by atoms with Gasteiger partial charge in [-0.25, -0.2) is 0 Å². The molecule has 1 heterocycles. The molecule has 6 heteroatoms. The molecule has 5 nitrogen and oxygen atoms in total. The Morgan fingerprint density at radius 2 is 2.07 bits per heavy atom. The number of carbonyl (C=O) groups excluding carboxylic acids is 1. The molecule has 2 aliphatic carbocycles. The van der Waals surface area contributed by atoms with Crippen molar-refractivity contribution in [2.45, 2.75) is 57.3 Å². The standard InChI is InChI=1S/C21H28N4OS/c1-14(19-11-17-8-9-18(19)10-17)22-20(26)13-27-21-24-23-15(2)25(21)12-16-6-4-3-5-7-16/h3-7,14,17-19H,8-13H2,1-2H3,(H,22,26). The molecule has 2 saturated carbocycles. The summed E-state index contributed by atoms with van der Waals surface area (Å²) in [6.07, 6.45) is 5.42. The fraction of sp³-hybridized carbons (Fsp3) is 0.571. The topological polar surface area (TPSA) is 59.8 Å². The molecule has 0 radical (unpaired) electrons. The van der Waals surface area contributed by atoms with Gasteiger partial charge in [-0.3, -0.25) is 4.79 Å². The Morgan fingerprint density at radius 1 is 1.26 bits per heavy atom. The van der Waals surface area contributed by atoms with Gasteiger partial charge in [-0.2, -0.15) is 0 Å². The summed E-state index contributed by atoms with van der Waals surface area (Å²) in [5.41, 5.74) is 1.21. The fourth-order valence-corrected chi connectivity index (χ4v) is 5.65. The van der Waals surface area contributed by atoms with Crippen molar-refractivity contribution in [1.29, 1.82) is 0 Å². The maximum Gasteiger partial charge on any atom is 0.230 e. The molecule has 0 aliphatic heterocycles. The molecule has 2 bridgehead atoms. The van der Waals surface area contributed by atoms with E-state index in [2.05, 4.69) is 39.1 Å². The fourth-order valence-electron chi connectivity index (χ4n) is 4.86. The third kappa shape index (κ3) is 4.21. The van der Waals surface area contributed by atoms with Gasteiger partial charge in [0.25, 0.3) is 0 Å². The normalized spacial score (nSPS) is 24.9. The minimum absolute atomic E-state index is 0.0992. The van der Waals surface area contributed by atoms with Crippen molar-refractivity contribution >= 4 is 17.7 Å². The summed E-state index contributed by atoms with van der Waals surface area (Å²) in [7, 11) is 0. The maximum absolute atomic E-state index is 12.5. The number of nitrogens with one attached hydrogen (secondary N) is 1. The van der Waals surface area contributed by atoms with Crippen molar-refractivity contribution in [3.63, 3.8) is 0 Å². The summed E-state index contributed by atoms with van der Waals surface area (Å²) >= 11 is 1.47. The predicted octanol–water partition coefficient (Wildman–Crippen LogP) is 3.67. The Hall–Kier alpha value is -1.82. The average molecular weight is 385 g/mol. The minimum atomic E-state index is 0.0992. The van der Waals surface area contributed by atoms with Crippen molar-refractivity contribution in [2.24, 2.45) is 17.8 Å². The van der Waals surface area contributed by atoms with Crippen LogP contribution >= 0.6 is 11.8 Å². The van der Waals surface area contributed by atoms with Gasteiger partial charge in [0.05, 0.1) is 12.3 Å². The highest BCUT2D eigenvalue weighted by Gasteiger charge is 2.42. The molecule has 1 aromatic heterocycles. The van der Waals surface area contributed by atoms with Crippen molar-refractivity contribution in [2.75, 3.05) is 5.75 Å². The largest absolute Gasteiger partial charge is 0.353 e. The molecule has 1 N–H and O–H groups in total. The van der Waals surface area contributed by atoms with E-state index in [4.69, 9.17) is 0 Å². The first-order valence-electron chi connectivity index (χ1n) is 9.96. The number of carbonyl (C=O) groups is 1. The van der Waals surface area contributed by atoms with Crippen molar-refractivity contribution in [1.82, 2.24) is 20.1 Å². The van der Waals surface area contributed by atoms with Gasteiger partial charge in [-0.1, -0.05) is 48.5 Å². The summed E-state index contributed by atoms with van der Waals surface area (Å²) in [5.74, 6) is 3.77. The van der Waals surface area contributed by atoms with Crippen molar-refractivity contribution in [3.05, 3.63) is 41.7 Å². The van der Waals surface area contributed by atoms with Gasteiger partial charge < -0.3 is 9.88 Å². The van der Waals surface area contributed by atoms with E-state index in [1.165, 1.54) is 43.0 Å². The summed E-state index contributed by atoms with van der Waals surface area (Å²) in [6, 6.07) is 10.5. The first-order valence-corrected chi connectivity index (χ1v) is 10.9. The third-order valence-electron chi connectivity index (χ3n) is 6.24. The van der Waals surface area contributed by atoms with E-state index in [1.807, 2.05) is 25.1 Å². The van der Waals surface area contributed by atoms with Crippen LogP contribution in [0.25, 0.3) is 0 Å². The number of rotatable bonds is 7. The highest BCUT2D eigenvalue weighted by atomic mass is 32.2. The number of amides is 1. The Labute approximate surface area is 165 Å². The Morgan fingerprint density at radius 3 is 2.78 bits per heavy atom. The molecular weight excluding hydrogens is 356 g/mol. The zero-order valence-corrected chi connectivity index (χ0v) is 16.9. The Kier molecular flexibility index (Phi) is 5.53. The molecule has 27 heavy (non-hydrogen) atoms. The van der Waals surface area contributed by atoms with Crippen LogP contribution in [-0.4, -0.2) is 32.5 Å². The van der Waals surface area contributed by atoms with Crippen LogP contribution in [0.15, 0.2) is 35.5 Å². The highest BCUT2D eigenvalue weighted by Crippen LogP contribution is 2.49. The Bertz CT molecular complexity index is 791. The van der Waals surface area contributed by atoms with E-state index in [1.54, 1.807) is 0 Å². The second-order valence-corrected chi connectivity index (χ2v) is 9.03. The van der Waals surface area contributed by atoms with E-state index in [0.29, 0.717) is 11.7 Å². The molecule has 1 aromatic carbocycles. The Balaban J connectivity index is 1.31. The first-order chi connectivity index (χ1) is 13.1. The minimum Gasteiger partial charge on any atom is -0.353 e. The number of nitrogens with zero attached hydrogens (tertiary/aromatic N) is 3. The summed E-state index contributed by atoms with van der Waals surface area (Å²) < 4.78 is 2.08. The number of aromatic nitrogens is 3. The van der Waals surface area contributed by atoms with E-state index >= 15 is 0 Å². The second kappa shape index (κ2) is 8.05. The lowest BCUT2D eigenvalue weighted by Gasteiger charge is -2.28. The molecule has 0 spiro atoms. The van der Waals surface area contributed by atoms with Crippen LogP contribution < -0.4 is 5.32 Å². The lowest BCUT2D eigenvalue weighted by atomic mass is 9.84. The molecule has 0 saturated heterocycles. The maximum atomic E-state index is 12.5. The number of hydrogen-bond acceptors (Lipinski definition) is 4. The van der Waals surface area contributed by atoms with Gasteiger partial charge in [0.1, 0.15) is 5.82 Å². The molecule has 4 unspecified atom stereocenters. The summed E-state index contributed by atoms with van der Waals surface area (Å²) in [4.78, 5) is 12.5. The molecule has 1 amide bonds. The quantitative estimate of drug-likeness (QED) is 0.740. The average Bonchev–Trinajstić information content (AvgIpc) is 3.38. The zero-order valence-electron chi connectivity index (χ0n) is 16.1. The van der Waals surface area contributed by atoms with Crippen molar-refractivity contribution < 1.29 is 4.79 Å². The molecular formula is C21H28N4OS. The lowest BCUT2D eigenvalue weighted by Crippen LogP contribution is -2.40. The van der Waals surface area contributed by atoms with Gasteiger partial charge in [0.15, 0.2) is 5.16 Å². The van der Waals surface area contributed by atoms with Gasteiger partial charge in [0, 0.05) is 6.04 Å². The smallest absolute Gasteiger partial charge is 0.230 e. The summed E-state index contributed by atoms with van der Waals surface area (Å²) in [6.45, 7) is 4.86. The number of thioether (sulfide) groups is 1. The zero-order chi connectivity index (χ0) is 18.8. The van der Waals surface area contributed by atoms with E-state index in [9.17, 15) is 4.79 Å². The number of fused-ring (bicyclic) bond motifs is 2. The first kappa shape index (κ1) is 18.5. The number of hydrogen-bond donors (Lipinski definition) is 1. The van der Waals surface area contributed by atoms with E-state index in [-0.39, 0.29) is 11.9 Å². The third-order valence-corrected chi connectivity index (χ3v) is 7.21. The highest BCUT2D eigenvalue weighted by molar-refractivity contribution is 7.99. The monoisotopic (exact) mass is 384 g/mol. The predicted molar refractivity (Wildman–Crippen MR) is 108 cm³/mol. The van der Waals surface area contributed by atoms with Crippen molar-refractivity contribution in [3.8, 4) is 0 Å². The van der Waals surface area contributed by atoms with Crippen LogP contribution in [0, 0.1) is 24.7 Å². The SMILES string of the molecule is Cc1nnc(SCC(=O)NC(C)C2CC3CCC2C3)n1Cc1ccccc1. The molecule has 2 aliphatic rings. The van der Waals surface area contributed by atoms with Gasteiger partial charge in [-0.05, 0) is 56.4 Å². The van der Waals surface area contributed by atoms with Gasteiger partial charge in [-0.15, -0.1) is 10.2 Å².